The van der Waals surface area contributed by atoms with E-state index in [-0.39, 0.29) is 11.7 Å². The molecule has 1 aliphatic heterocycles. The molecule has 2 aromatic carbocycles. The lowest BCUT2D eigenvalue weighted by Gasteiger charge is -2.26. The van der Waals surface area contributed by atoms with Crippen LogP contribution in [0.15, 0.2) is 53.5 Å². The third-order valence-corrected chi connectivity index (χ3v) is 5.04. The maximum atomic E-state index is 12.2. The SMILES string of the molecule is CN=C(NCc1ccc(OCC(F)(F)F)cc1)NCc1ccc(N2CCCCC2=O)cc1. The number of aliphatic imine (C=N–C) groups is 1. The van der Waals surface area contributed by atoms with Gasteiger partial charge in [-0.1, -0.05) is 24.3 Å². The van der Waals surface area contributed by atoms with Gasteiger partial charge in [-0.3, -0.25) is 9.79 Å². The van der Waals surface area contributed by atoms with E-state index in [0.717, 1.165) is 36.2 Å². The number of benzene rings is 2. The standard InChI is InChI=1S/C23H27F3N4O2/c1-27-22(29-15-18-7-11-20(12-8-18)32-16-23(24,25)26)28-14-17-5-9-19(10-6-17)30-13-3-2-4-21(30)31/h5-12H,2-4,13-16H2,1H3,(H2,27,28,29). The number of anilines is 1. The Bertz CT molecular complexity index is 912. The minimum atomic E-state index is -4.36. The van der Waals surface area contributed by atoms with Crippen molar-refractivity contribution in [3.63, 3.8) is 0 Å². The van der Waals surface area contributed by atoms with Crippen LogP contribution in [-0.4, -0.2) is 38.2 Å². The molecule has 1 amide bonds. The van der Waals surface area contributed by atoms with Crippen LogP contribution in [0.25, 0.3) is 0 Å². The minimum Gasteiger partial charge on any atom is -0.484 e. The zero-order chi connectivity index (χ0) is 23.0. The molecular weight excluding hydrogens is 421 g/mol. The molecule has 0 spiro atoms. The van der Waals surface area contributed by atoms with Gasteiger partial charge in [-0.15, -0.1) is 0 Å². The monoisotopic (exact) mass is 448 g/mol. The van der Waals surface area contributed by atoms with E-state index in [2.05, 4.69) is 15.6 Å². The van der Waals surface area contributed by atoms with E-state index in [1.54, 1.807) is 19.2 Å². The van der Waals surface area contributed by atoms with E-state index in [4.69, 9.17) is 4.74 Å². The molecule has 6 nitrogen and oxygen atoms in total. The highest BCUT2D eigenvalue weighted by molar-refractivity contribution is 5.93. The second kappa shape index (κ2) is 10.9. The molecular formula is C23H27F3N4O2. The topological polar surface area (TPSA) is 66.0 Å². The summed E-state index contributed by atoms with van der Waals surface area (Å²) < 4.78 is 41.4. The number of carbonyl (C=O) groups is 1. The van der Waals surface area contributed by atoms with Gasteiger partial charge in [0.05, 0.1) is 0 Å². The van der Waals surface area contributed by atoms with Gasteiger partial charge >= 0.3 is 6.18 Å². The van der Waals surface area contributed by atoms with Crippen LogP contribution in [0, 0.1) is 0 Å². The summed E-state index contributed by atoms with van der Waals surface area (Å²) in [7, 11) is 1.66. The Morgan fingerprint density at radius 3 is 2.12 bits per heavy atom. The predicted octanol–water partition coefficient (Wildman–Crippen LogP) is 4.01. The third-order valence-electron chi connectivity index (χ3n) is 5.04. The number of rotatable bonds is 7. The number of amides is 1. The normalized spacial score (nSPS) is 14.9. The highest BCUT2D eigenvalue weighted by atomic mass is 19.4. The smallest absolute Gasteiger partial charge is 0.422 e. The molecule has 0 radical (unpaired) electrons. The van der Waals surface area contributed by atoms with Crippen molar-refractivity contribution in [1.82, 2.24) is 10.6 Å². The van der Waals surface area contributed by atoms with Crippen LogP contribution in [0.1, 0.15) is 30.4 Å². The van der Waals surface area contributed by atoms with E-state index < -0.39 is 12.8 Å². The van der Waals surface area contributed by atoms with Gasteiger partial charge in [-0.05, 0) is 48.2 Å². The summed E-state index contributed by atoms with van der Waals surface area (Å²) in [6.07, 6.45) is -1.77. The van der Waals surface area contributed by atoms with Crippen LogP contribution in [-0.2, 0) is 17.9 Å². The first kappa shape index (κ1) is 23.4. The Labute approximate surface area is 185 Å². The van der Waals surface area contributed by atoms with Crippen molar-refractivity contribution in [2.24, 2.45) is 4.99 Å². The molecule has 9 heteroatoms. The highest BCUT2D eigenvalue weighted by Crippen LogP contribution is 2.21. The largest absolute Gasteiger partial charge is 0.484 e. The van der Waals surface area contributed by atoms with Crippen molar-refractivity contribution >= 4 is 17.6 Å². The summed E-state index contributed by atoms with van der Waals surface area (Å²) in [5, 5.41) is 6.39. The Kier molecular flexibility index (Phi) is 7.97. The van der Waals surface area contributed by atoms with E-state index in [1.165, 1.54) is 12.1 Å². The summed E-state index contributed by atoms with van der Waals surface area (Å²) in [4.78, 5) is 18.1. The van der Waals surface area contributed by atoms with Crippen LogP contribution in [0.3, 0.4) is 0 Å². The Morgan fingerprint density at radius 2 is 1.59 bits per heavy atom. The van der Waals surface area contributed by atoms with Gasteiger partial charge in [-0.25, -0.2) is 0 Å². The molecule has 2 N–H and O–H groups in total. The summed E-state index contributed by atoms with van der Waals surface area (Å²) >= 11 is 0. The van der Waals surface area contributed by atoms with Crippen LogP contribution in [0.5, 0.6) is 5.75 Å². The summed E-state index contributed by atoms with van der Waals surface area (Å²) in [6, 6.07) is 14.3. The predicted molar refractivity (Wildman–Crippen MR) is 118 cm³/mol. The van der Waals surface area contributed by atoms with Crippen molar-refractivity contribution in [2.75, 3.05) is 25.1 Å². The van der Waals surface area contributed by atoms with Gasteiger partial charge in [0.1, 0.15) is 5.75 Å². The summed E-state index contributed by atoms with van der Waals surface area (Å²) in [5.41, 5.74) is 2.85. The zero-order valence-electron chi connectivity index (χ0n) is 17.9. The first-order valence-electron chi connectivity index (χ1n) is 10.5. The molecule has 1 saturated heterocycles. The quantitative estimate of drug-likeness (QED) is 0.496. The van der Waals surface area contributed by atoms with Gasteiger partial charge in [0.2, 0.25) is 5.91 Å². The molecule has 0 saturated carbocycles. The molecule has 32 heavy (non-hydrogen) atoms. The first-order chi connectivity index (χ1) is 15.3. The average Bonchev–Trinajstić information content (AvgIpc) is 2.79. The van der Waals surface area contributed by atoms with Crippen LogP contribution in [0.2, 0.25) is 0 Å². The number of nitrogens with zero attached hydrogens (tertiary/aromatic N) is 2. The van der Waals surface area contributed by atoms with E-state index >= 15 is 0 Å². The van der Waals surface area contributed by atoms with Crippen LogP contribution >= 0.6 is 0 Å². The lowest BCUT2D eigenvalue weighted by molar-refractivity contribution is -0.153. The molecule has 1 aliphatic rings. The molecule has 172 valence electrons. The van der Waals surface area contributed by atoms with Gasteiger partial charge in [-0.2, -0.15) is 13.2 Å². The van der Waals surface area contributed by atoms with Crippen LogP contribution in [0.4, 0.5) is 18.9 Å². The fourth-order valence-corrected chi connectivity index (χ4v) is 3.33. The van der Waals surface area contributed by atoms with Crippen molar-refractivity contribution in [3.05, 3.63) is 59.7 Å². The van der Waals surface area contributed by atoms with Gasteiger partial charge in [0.15, 0.2) is 12.6 Å². The number of alkyl halides is 3. The maximum absolute atomic E-state index is 12.2. The number of hydrogen-bond donors (Lipinski definition) is 2. The van der Waals surface area contributed by atoms with Gasteiger partial charge < -0.3 is 20.3 Å². The molecule has 0 aromatic heterocycles. The molecule has 0 atom stereocenters. The van der Waals surface area contributed by atoms with Gasteiger partial charge in [0, 0.05) is 38.8 Å². The van der Waals surface area contributed by atoms with Crippen molar-refractivity contribution in [1.29, 1.82) is 0 Å². The fourth-order valence-electron chi connectivity index (χ4n) is 3.33. The van der Waals surface area contributed by atoms with Crippen molar-refractivity contribution in [3.8, 4) is 5.75 Å². The molecule has 0 unspecified atom stereocenters. The molecule has 0 aliphatic carbocycles. The van der Waals surface area contributed by atoms with Crippen molar-refractivity contribution in [2.45, 2.75) is 38.5 Å². The Balaban J connectivity index is 1.45. The highest BCUT2D eigenvalue weighted by Gasteiger charge is 2.28. The Morgan fingerprint density at radius 1 is 1.00 bits per heavy atom. The minimum absolute atomic E-state index is 0.170. The van der Waals surface area contributed by atoms with Gasteiger partial charge in [0.25, 0.3) is 0 Å². The number of nitrogens with one attached hydrogen (secondary N) is 2. The molecule has 1 fully saturated rings. The number of ether oxygens (including phenoxy) is 1. The number of piperidine rings is 1. The summed E-state index contributed by atoms with van der Waals surface area (Å²) in [6.45, 7) is 0.465. The summed E-state index contributed by atoms with van der Waals surface area (Å²) in [5.74, 6) is 0.938. The molecule has 2 aromatic rings. The first-order valence-corrected chi connectivity index (χ1v) is 10.5. The number of guanidine groups is 1. The number of carbonyl (C=O) groups excluding carboxylic acids is 1. The van der Waals surface area contributed by atoms with Crippen molar-refractivity contribution < 1.29 is 22.7 Å². The molecule has 3 rings (SSSR count). The lowest BCUT2D eigenvalue weighted by atomic mass is 10.1. The molecule has 1 heterocycles. The second-order valence-corrected chi connectivity index (χ2v) is 7.50. The third kappa shape index (κ3) is 7.18. The van der Waals surface area contributed by atoms with E-state index in [1.807, 2.05) is 29.2 Å². The maximum Gasteiger partial charge on any atom is 0.422 e. The second-order valence-electron chi connectivity index (χ2n) is 7.50. The average molecular weight is 448 g/mol. The number of halogens is 3. The zero-order valence-corrected chi connectivity index (χ0v) is 17.9. The Hall–Kier alpha value is -3.23. The van der Waals surface area contributed by atoms with Crippen LogP contribution < -0.4 is 20.3 Å². The van der Waals surface area contributed by atoms with E-state index in [0.29, 0.717) is 25.5 Å². The van der Waals surface area contributed by atoms with E-state index in [9.17, 15) is 18.0 Å². The number of hydrogen-bond acceptors (Lipinski definition) is 3. The molecule has 0 bridgehead atoms. The lowest BCUT2D eigenvalue weighted by Crippen LogP contribution is -2.36. The fraction of sp³-hybridized carbons (Fsp3) is 0.391.